The Morgan fingerprint density at radius 3 is 2.41 bits per heavy atom. The fourth-order valence-corrected chi connectivity index (χ4v) is 6.63. The number of benzene rings is 2. The van der Waals surface area contributed by atoms with Crippen molar-refractivity contribution in [2.24, 2.45) is 0 Å². The summed E-state index contributed by atoms with van der Waals surface area (Å²) in [5.74, 6) is -0.0952. The van der Waals surface area contributed by atoms with Gasteiger partial charge >= 0.3 is 0 Å². The number of fused-ring (bicyclic) bond motifs is 1. The summed E-state index contributed by atoms with van der Waals surface area (Å²) in [5, 5.41) is 1.04. The Labute approximate surface area is 200 Å². The fourth-order valence-electron chi connectivity index (χ4n) is 5.37. The fraction of sp³-hybridized carbons (Fsp3) is 0.458. The Morgan fingerprint density at radius 2 is 1.72 bits per heavy atom. The van der Waals surface area contributed by atoms with Crippen LogP contribution in [0.15, 0.2) is 42.5 Å². The molecule has 1 saturated carbocycles. The molecule has 1 heterocycles. The number of likely N-dealkylation sites (N-methyl/N-ethyl adjacent to an activating group) is 1. The number of carbonyl (C=O) groups excluding carboxylic acids is 1. The van der Waals surface area contributed by atoms with Gasteiger partial charge in [0, 0.05) is 40.7 Å². The Hall–Kier alpha value is -1.60. The van der Waals surface area contributed by atoms with Gasteiger partial charge < -0.3 is 4.90 Å². The highest BCUT2D eigenvalue weighted by molar-refractivity contribution is 7.88. The highest BCUT2D eigenvalue weighted by Crippen LogP contribution is 2.47. The van der Waals surface area contributed by atoms with Gasteiger partial charge in [-0.25, -0.2) is 12.7 Å². The largest absolute Gasteiger partial charge is 0.326 e. The van der Waals surface area contributed by atoms with Gasteiger partial charge in [0.15, 0.2) is 0 Å². The predicted molar refractivity (Wildman–Crippen MR) is 129 cm³/mol. The summed E-state index contributed by atoms with van der Waals surface area (Å²) < 4.78 is 26.3. The quantitative estimate of drug-likeness (QED) is 0.563. The molecule has 0 aromatic heterocycles. The maximum absolute atomic E-state index is 13.9. The highest BCUT2D eigenvalue weighted by Gasteiger charge is 2.46. The van der Waals surface area contributed by atoms with Crippen LogP contribution in [-0.4, -0.2) is 48.9 Å². The van der Waals surface area contributed by atoms with E-state index in [-0.39, 0.29) is 30.0 Å². The number of sulfonamides is 1. The number of rotatable bonds is 4. The van der Waals surface area contributed by atoms with Crippen molar-refractivity contribution >= 4 is 39.1 Å². The third-order valence-corrected chi connectivity index (χ3v) is 8.89. The minimum atomic E-state index is -3.41. The zero-order valence-corrected chi connectivity index (χ0v) is 20.8. The van der Waals surface area contributed by atoms with E-state index < -0.39 is 10.0 Å². The molecule has 0 unspecified atom stereocenters. The van der Waals surface area contributed by atoms with Gasteiger partial charge in [-0.1, -0.05) is 67.2 Å². The first-order chi connectivity index (χ1) is 15.1. The van der Waals surface area contributed by atoms with E-state index in [4.69, 9.17) is 23.2 Å². The highest BCUT2D eigenvalue weighted by atomic mass is 35.5. The number of hydrogen-bond donors (Lipinski definition) is 0. The standard InChI is InChI=1S/C24H28Cl2N2O3S/c1-15-17-8-4-5-9-18(17)24(29)28(23(15)19-13-12-16(25)14-20(19)26)22-11-7-6-10-21(22)27(2)32(3,30)31/h4-5,8-9,12-15,21-23H,6-7,10-11H2,1-3H3/t15-,21+,22+,23-/m1/s1. The zero-order chi connectivity index (χ0) is 23.2. The number of carbonyl (C=O) groups is 1. The van der Waals surface area contributed by atoms with Crippen LogP contribution in [0.25, 0.3) is 0 Å². The lowest BCUT2D eigenvalue weighted by Gasteiger charge is -2.50. The van der Waals surface area contributed by atoms with Crippen molar-refractivity contribution in [3.05, 3.63) is 69.2 Å². The molecule has 0 bridgehead atoms. The molecule has 32 heavy (non-hydrogen) atoms. The average Bonchev–Trinajstić information content (AvgIpc) is 2.75. The Kier molecular flexibility index (Phi) is 6.61. The molecule has 2 aromatic carbocycles. The first-order valence-corrected chi connectivity index (χ1v) is 13.5. The maximum atomic E-state index is 13.9. The summed E-state index contributed by atoms with van der Waals surface area (Å²) in [7, 11) is -1.79. The van der Waals surface area contributed by atoms with Gasteiger partial charge in [-0.2, -0.15) is 0 Å². The van der Waals surface area contributed by atoms with E-state index in [1.54, 1.807) is 19.2 Å². The van der Waals surface area contributed by atoms with Crippen molar-refractivity contribution < 1.29 is 13.2 Å². The van der Waals surface area contributed by atoms with Crippen LogP contribution in [0, 0.1) is 0 Å². The molecule has 172 valence electrons. The minimum absolute atomic E-state index is 0.0197. The molecule has 1 aliphatic carbocycles. The number of hydrogen-bond acceptors (Lipinski definition) is 3. The topological polar surface area (TPSA) is 57.7 Å². The molecule has 0 radical (unpaired) electrons. The molecule has 4 atom stereocenters. The van der Waals surface area contributed by atoms with Crippen LogP contribution in [0.4, 0.5) is 0 Å². The predicted octanol–water partition coefficient (Wildman–Crippen LogP) is 5.50. The minimum Gasteiger partial charge on any atom is -0.326 e. The van der Waals surface area contributed by atoms with Crippen molar-refractivity contribution in [3.8, 4) is 0 Å². The lowest BCUT2D eigenvalue weighted by molar-refractivity contribution is 0.0283. The van der Waals surface area contributed by atoms with E-state index in [0.717, 1.165) is 36.8 Å². The van der Waals surface area contributed by atoms with Crippen molar-refractivity contribution in [1.29, 1.82) is 0 Å². The third kappa shape index (κ3) is 4.18. The van der Waals surface area contributed by atoms with Gasteiger partial charge in [-0.15, -0.1) is 0 Å². The van der Waals surface area contributed by atoms with E-state index in [0.29, 0.717) is 15.6 Å². The molecular weight excluding hydrogens is 467 g/mol. The SMILES string of the molecule is C[C@@H]1c2ccccc2C(=O)N([C@H]2CCCC[C@@H]2N(C)S(C)(=O)=O)[C@H]1c1ccc(Cl)cc1Cl. The summed E-state index contributed by atoms with van der Waals surface area (Å²) in [6.07, 6.45) is 4.56. The summed E-state index contributed by atoms with van der Waals surface area (Å²) in [4.78, 5) is 15.8. The molecule has 1 aliphatic heterocycles. The van der Waals surface area contributed by atoms with E-state index in [1.807, 2.05) is 35.2 Å². The summed E-state index contributed by atoms with van der Waals surface area (Å²) in [6.45, 7) is 2.10. The number of nitrogens with zero attached hydrogens (tertiary/aromatic N) is 2. The molecule has 0 N–H and O–H groups in total. The smallest absolute Gasteiger partial charge is 0.254 e. The van der Waals surface area contributed by atoms with Gasteiger partial charge in [0.25, 0.3) is 5.91 Å². The van der Waals surface area contributed by atoms with E-state index in [2.05, 4.69) is 6.92 Å². The second-order valence-electron chi connectivity index (χ2n) is 8.90. The van der Waals surface area contributed by atoms with Crippen LogP contribution in [-0.2, 0) is 10.0 Å². The Bertz CT molecular complexity index is 1140. The van der Waals surface area contributed by atoms with E-state index >= 15 is 0 Å². The van der Waals surface area contributed by atoms with Crippen molar-refractivity contribution in [2.45, 2.75) is 56.7 Å². The van der Waals surface area contributed by atoms with Crippen molar-refractivity contribution in [2.75, 3.05) is 13.3 Å². The van der Waals surface area contributed by atoms with Gasteiger partial charge in [-0.05, 0) is 42.2 Å². The van der Waals surface area contributed by atoms with Gasteiger partial charge in [0.1, 0.15) is 0 Å². The molecule has 0 saturated heterocycles. The Balaban J connectivity index is 1.88. The first kappa shape index (κ1) is 23.6. The van der Waals surface area contributed by atoms with Crippen molar-refractivity contribution in [1.82, 2.24) is 9.21 Å². The van der Waals surface area contributed by atoms with E-state index in [9.17, 15) is 13.2 Å². The third-order valence-electron chi connectivity index (χ3n) is 7.01. The number of halogens is 2. The molecule has 1 fully saturated rings. The van der Waals surface area contributed by atoms with Crippen LogP contribution in [0.2, 0.25) is 10.0 Å². The molecule has 1 amide bonds. The second kappa shape index (κ2) is 8.98. The maximum Gasteiger partial charge on any atom is 0.254 e. The average molecular weight is 495 g/mol. The first-order valence-electron chi connectivity index (χ1n) is 10.9. The van der Waals surface area contributed by atoms with Gasteiger partial charge in [0.05, 0.1) is 12.3 Å². The van der Waals surface area contributed by atoms with E-state index in [1.165, 1.54) is 10.6 Å². The van der Waals surface area contributed by atoms with Crippen LogP contribution >= 0.6 is 23.2 Å². The lowest BCUT2D eigenvalue weighted by Crippen LogP contribution is -2.58. The van der Waals surface area contributed by atoms with Crippen LogP contribution < -0.4 is 0 Å². The summed E-state index contributed by atoms with van der Waals surface area (Å²) >= 11 is 12.8. The molecule has 4 rings (SSSR count). The molecule has 5 nitrogen and oxygen atoms in total. The van der Waals surface area contributed by atoms with Crippen molar-refractivity contribution in [3.63, 3.8) is 0 Å². The van der Waals surface area contributed by atoms with Crippen LogP contribution in [0.5, 0.6) is 0 Å². The molecule has 0 spiro atoms. The zero-order valence-electron chi connectivity index (χ0n) is 18.5. The molecule has 2 aliphatic rings. The molecular formula is C24H28Cl2N2O3S. The monoisotopic (exact) mass is 494 g/mol. The second-order valence-corrected chi connectivity index (χ2v) is 11.8. The number of amides is 1. The van der Waals surface area contributed by atoms with Gasteiger partial charge in [-0.3, -0.25) is 4.79 Å². The van der Waals surface area contributed by atoms with Crippen LogP contribution in [0.3, 0.4) is 0 Å². The lowest BCUT2D eigenvalue weighted by atomic mass is 9.77. The summed E-state index contributed by atoms with van der Waals surface area (Å²) in [6, 6.07) is 12.2. The Morgan fingerprint density at radius 1 is 1.03 bits per heavy atom. The van der Waals surface area contributed by atoms with Gasteiger partial charge in [0.2, 0.25) is 10.0 Å². The summed E-state index contributed by atoms with van der Waals surface area (Å²) in [5.41, 5.74) is 2.49. The van der Waals surface area contributed by atoms with Crippen LogP contribution in [0.1, 0.15) is 66.1 Å². The normalized spacial score (nSPS) is 26.3. The molecule has 2 aromatic rings. The molecule has 8 heteroatoms.